The fourth-order valence-corrected chi connectivity index (χ4v) is 4.07. The van der Waals surface area contributed by atoms with Crippen molar-refractivity contribution in [2.45, 2.75) is 32.4 Å². The van der Waals surface area contributed by atoms with Gasteiger partial charge in [0.25, 0.3) is 0 Å². The first-order chi connectivity index (χ1) is 11.4. The van der Waals surface area contributed by atoms with E-state index in [9.17, 15) is 12.8 Å². The molecule has 0 bridgehead atoms. The Morgan fingerprint density at radius 2 is 2.00 bits per heavy atom. The third kappa shape index (κ3) is 6.75. The first kappa shape index (κ1) is 20.9. The van der Waals surface area contributed by atoms with Gasteiger partial charge < -0.3 is 0 Å². The highest BCUT2D eigenvalue weighted by Crippen LogP contribution is 2.20. The number of sulfonamides is 1. The lowest BCUT2D eigenvalue weighted by atomic mass is 10.2. The molecule has 6 heteroatoms. The van der Waals surface area contributed by atoms with Crippen LogP contribution < -0.4 is 0 Å². The number of rotatable bonds is 10. The van der Waals surface area contributed by atoms with Gasteiger partial charge in [0.15, 0.2) is 0 Å². The molecule has 0 aliphatic carbocycles. The van der Waals surface area contributed by atoms with Crippen LogP contribution in [0.2, 0.25) is 5.02 Å². The van der Waals surface area contributed by atoms with Crippen LogP contribution >= 0.6 is 11.6 Å². The van der Waals surface area contributed by atoms with Gasteiger partial charge in [-0.25, -0.2) is 17.1 Å². The third-order valence-electron chi connectivity index (χ3n) is 3.60. The van der Waals surface area contributed by atoms with E-state index in [1.807, 2.05) is 19.1 Å². The van der Waals surface area contributed by atoms with E-state index in [1.54, 1.807) is 37.3 Å². The molecule has 0 heterocycles. The summed E-state index contributed by atoms with van der Waals surface area (Å²) < 4.78 is 39.6. The minimum Gasteiger partial charge on any atom is -0.246 e. The Bertz CT molecular complexity index is 671. The van der Waals surface area contributed by atoms with Crippen molar-refractivity contribution in [3.8, 4) is 0 Å². The first-order valence-corrected chi connectivity index (χ1v) is 10.0. The summed E-state index contributed by atoms with van der Waals surface area (Å²) in [5.74, 6) is -0.148. The summed E-state index contributed by atoms with van der Waals surface area (Å²) in [7, 11) is -3.50. The van der Waals surface area contributed by atoms with Crippen molar-refractivity contribution in [2.24, 2.45) is 0 Å². The van der Waals surface area contributed by atoms with Crippen LogP contribution in [0.3, 0.4) is 0 Å². The van der Waals surface area contributed by atoms with Crippen molar-refractivity contribution < 1.29 is 12.8 Å². The number of hydrogen-bond acceptors (Lipinski definition) is 2. The number of hydrogen-bond donors (Lipinski definition) is 0. The van der Waals surface area contributed by atoms with Crippen molar-refractivity contribution in [3.63, 3.8) is 0 Å². The van der Waals surface area contributed by atoms with Gasteiger partial charge >= 0.3 is 0 Å². The lowest BCUT2D eigenvalue weighted by Crippen LogP contribution is -2.33. The maximum Gasteiger partial charge on any atom is 0.218 e. The zero-order valence-electron chi connectivity index (χ0n) is 14.2. The Balaban J connectivity index is 2.78. The predicted molar refractivity (Wildman–Crippen MR) is 99.4 cm³/mol. The summed E-state index contributed by atoms with van der Waals surface area (Å²) in [4.78, 5) is 0. The highest BCUT2D eigenvalue weighted by Gasteiger charge is 2.22. The van der Waals surface area contributed by atoms with Gasteiger partial charge in [-0.1, -0.05) is 61.9 Å². The van der Waals surface area contributed by atoms with E-state index in [2.05, 4.69) is 0 Å². The van der Waals surface area contributed by atoms with E-state index in [1.165, 1.54) is 4.31 Å². The number of allylic oxidation sites excluding steroid dienone is 3. The molecule has 0 radical (unpaired) electrons. The standard InChI is InChI=1S/C18H25ClFNO2S/c1-3-5-6-9-16(14-20)12-13-21(4-2)24(22,23)15-17-10-7-8-11-18(17)19/h5-11H,3-4,12-15H2,1-2H3/b6-5-,16-9-. The molecule has 0 fully saturated rings. The average Bonchev–Trinajstić information content (AvgIpc) is 2.55. The third-order valence-corrected chi connectivity index (χ3v) is 5.87. The van der Waals surface area contributed by atoms with Crippen LogP contribution in [0.4, 0.5) is 4.39 Å². The molecule has 0 amide bonds. The summed E-state index contributed by atoms with van der Waals surface area (Å²) in [5, 5.41) is 0.436. The molecular weight excluding hydrogens is 349 g/mol. The number of nitrogens with zero attached hydrogens (tertiary/aromatic N) is 1. The highest BCUT2D eigenvalue weighted by molar-refractivity contribution is 7.88. The number of benzene rings is 1. The molecular formula is C18H25ClFNO2S. The second-order valence-electron chi connectivity index (χ2n) is 5.38. The van der Waals surface area contributed by atoms with Gasteiger partial charge in [-0.05, 0) is 30.0 Å². The van der Waals surface area contributed by atoms with E-state index < -0.39 is 16.7 Å². The van der Waals surface area contributed by atoms with Crippen molar-refractivity contribution in [1.29, 1.82) is 0 Å². The van der Waals surface area contributed by atoms with Crippen LogP contribution in [0.1, 0.15) is 32.3 Å². The molecule has 0 saturated heterocycles. The second-order valence-corrected chi connectivity index (χ2v) is 7.76. The highest BCUT2D eigenvalue weighted by atomic mass is 35.5. The molecule has 1 aromatic carbocycles. The second kappa shape index (κ2) is 10.6. The van der Waals surface area contributed by atoms with Crippen molar-refractivity contribution >= 4 is 21.6 Å². The lowest BCUT2D eigenvalue weighted by molar-refractivity contribution is 0.421. The molecule has 0 unspecified atom stereocenters. The van der Waals surface area contributed by atoms with E-state index in [0.717, 1.165) is 6.42 Å². The van der Waals surface area contributed by atoms with Crippen LogP contribution in [0.15, 0.2) is 48.1 Å². The van der Waals surface area contributed by atoms with Crippen LogP contribution in [0.25, 0.3) is 0 Å². The monoisotopic (exact) mass is 373 g/mol. The first-order valence-electron chi connectivity index (χ1n) is 8.06. The fourth-order valence-electron chi connectivity index (χ4n) is 2.20. The topological polar surface area (TPSA) is 37.4 Å². The molecule has 0 aromatic heterocycles. The van der Waals surface area contributed by atoms with E-state index in [0.29, 0.717) is 29.1 Å². The van der Waals surface area contributed by atoms with Gasteiger partial charge in [-0.2, -0.15) is 0 Å². The Morgan fingerprint density at radius 3 is 2.58 bits per heavy atom. The van der Waals surface area contributed by atoms with Gasteiger partial charge in [-0.3, -0.25) is 0 Å². The lowest BCUT2D eigenvalue weighted by Gasteiger charge is -2.21. The minimum atomic E-state index is -3.50. The fraction of sp³-hybridized carbons (Fsp3) is 0.444. The van der Waals surface area contributed by atoms with Gasteiger partial charge in [0.2, 0.25) is 10.0 Å². The van der Waals surface area contributed by atoms with Crippen LogP contribution in [-0.4, -0.2) is 32.5 Å². The Morgan fingerprint density at radius 1 is 1.29 bits per heavy atom. The van der Waals surface area contributed by atoms with Crippen molar-refractivity contribution in [2.75, 3.05) is 19.8 Å². The molecule has 0 aliphatic rings. The Labute approximate surface area is 149 Å². The SMILES string of the molecule is CC/C=C\C=C(/CF)CCN(CC)S(=O)(=O)Cc1ccccc1Cl. The number of halogens is 2. The van der Waals surface area contributed by atoms with Crippen LogP contribution in [0, 0.1) is 0 Å². The quantitative estimate of drug-likeness (QED) is 0.555. The maximum atomic E-state index is 13.0. The van der Waals surface area contributed by atoms with Crippen LogP contribution in [-0.2, 0) is 15.8 Å². The maximum absolute atomic E-state index is 13.0. The molecule has 134 valence electrons. The predicted octanol–water partition coefficient (Wildman–Crippen LogP) is 4.74. The molecule has 0 spiro atoms. The van der Waals surface area contributed by atoms with Gasteiger partial charge in [-0.15, -0.1) is 0 Å². The average molecular weight is 374 g/mol. The summed E-state index contributed by atoms with van der Waals surface area (Å²) in [6.45, 7) is 3.81. The molecule has 1 aromatic rings. The molecule has 0 atom stereocenters. The zero-order chi connectivity index (χ0) is 18.0. The Kier molecular flexibility index (Phi) is 9.26. The van der Waals surface area contributed by atoms with E-state index in [-0.39, 0.29) is 12.3 Å². The normalized spacial score (nSPS) is 13.1. The van der Waals surface area contributed by atoms with E-state index in [4.69, 9.17) is 11.6 Å². The summed E-state index contributed by atoms with van der Waals surface area (Å²) >= 11 is 6.05. The zero-order valence-corrected chi connectivity index (χ0v) is 15.8. The molecule has 0 aliphatic heterocycles. The van der Waals surface area contributed by atoms with Crippen LogP contribution in [0.5, 0.6) is 0 Å². The smallest absolute Gasteiger partial charge is 0.218 e. The van der Waals surface area contributed by atoms with E-state index >= 15 is 0 Å². The Hall–Kier alpha value is -1.17. The van der Waals surface area contributed by atoms with Crippen molar-refractivity contribution in [3.05, 3.63) is 58.7 Å². The molecule has 24 heavy (non-hydrogen) atoms. The molecule has 0 N–H and O–H groups in total. The van der Waals surface area contributed by atoms with Gasteiger partial charge in [0, 0.05) is 18.1 Å². The molecule has 3 nitrogen and oxygen atoms in total. The van der Waals surface area contributed by atoms with Crippen molar-refractivity contribution in [1.82, 2.24) is 4.31 Å². The van der Waals surface area contributed by atoms with Gasteiger partial charge in [0.1, 0.15) is 6.67 Å². The summed E-state index contributed by atoms with van der Waals surface area (Å²) in [5.41, 5.74) is 1.16. The summed E-state index contributed by atoms with van der Waals surface area (Å²) in [6, 6.07) is 6.90. The summed E-state index contributed by atoms with van der Waals surface area (Å²) in [6.07, 6.45) is 6.71. The molecule has 1 rings (SSSR count). The minimum absolute atomic E-state index is 0.148. The van der Waals surface area contributed by atoms with Gasteiger partial charge in [0.05, 0.1) is 5.75 Å². The largest absolute Gasteiger partial charge is 0.246 e. The molecule has 0 saturated carbocycles. The number of alkyl halides is 1.